The first-order valence-electron chi connectivity index (χ1n) is 4.28. The molecule has 0 bridgehead atoms. The van der Waals surface area contributed by atoms with E-state index in [0.29, 0.717) is 6.54 Å². The van der Waals surface area contributed by atoms with Gasteiger partial charge in [0.25, 0.3) is 0 Å². The number of carbonyl (C=O) groups is 2. The number of hydrogen-bond acceptors (Lipinski definition) is 5. The second-order valence-electron chi connectivity index (χ2n) is 2.70. The van der Waals surface area contributed by atoms with E-state index in [1.54, 1.807) is 0 Å². The molecular formula is C8H16N2O4. The summed E-state index contributed by atoms with van der Waals surface area (Å²) in [6.07, 6.45) is 0. The average molecular weight is 204 g/mol. The van der Waals surface area contributed by atoms with Crippen molar-refractivity contribution in [3.63, 3.8) is 0 Å². The third-order valence-corrected chi connectivity index (χ3v) is 1.50. The Morgan fingerprint density at radius 2 is 2.14 bits per heavy atom. The highest BCUT2D eigenvalue weighted by Gasteiger charge is 2.18. The molecule has 82 valence electrons. The van der Waals surface area contributed by atoms with Crippen molar-refractivity contribution in [2.75, 3.05) is 26.8 Å². The summed E-state index contributed by atoms with van der Waals surface area (Å²) in [6.45, 7) is 1.91. The summed E-state index contributed by atoms with van der Waals surface area (Å²) in [5, 5.41) is 13.7. The van der Waals surface area contributed by atoms with Crippen LogP contribution < -0.4 is 10.6 Å². The molecular weight excluding hydrogens is 188 g/mol. The van der Waals surface area contributed by atoms with Crippen molar-refractivity contribution in [2.24, 2.45) is 0 Å². The molecule has 0 heterocycles. The molecule has 0 saturated heterocycles. The van der Waals surface area contributed by atoms with Crippen LogP contribution in [0.2, 0.25) is 0 Å². The number of amides is 1. The zero-order valence-corrected chi connectivity index (χ0v) is 8.37. The zero-order chi connectivity index (χ0) is 11.0. The zero-order valence-electron chi connectivity index (χ0n) is 8.37. The molecule has 0 aliphatic heterocycles. The summed E-state index contributed by atoms with van der Waals surface area (Å²) in [5.41, 5.74) is 0. The molecule has 0 spiro atoms. The SMILES string of the molecule is COC(=O)C(CNCCO)NC(C)=O. The molecule has 6 nitrogen and oxygen atoms in total. The van der Waals surface area contributed by atoms with Gasteiger partial charge in [-0.25, -0.2) is 4.79 Å². The number of hydrogen-bond donors (Lipinski definition) is 3. The monoisotopic (exact) mass is 204 g/mol. The Kier molecular flexibility index (Phi) is 6.69. The average Bonchev–Trinajstić information content (AvgIpc) is 2.15. The predicted molar refractivity (Wildman–Crippen MR) is 49.6 cm³/mol. The second kappa shape index (κ2) is 7.28. The van der Waals surface area contributed by atoms with Gasteiger partial charge in [-0.15, -0.1) is 0 Å². The van der Waals surface area contributed by atoms with Crippen LogP contribution >= 0.6 is 0 Å². The Balaban J connectivity index is 3.97. The minimum absolute atomic E-state index is 0.0199. The lowest BCUT2D eigenvalue weighted by atomic mass is 10.3. The quantitative estimate of drug-likeness (QED) is 0.352. The summed E-state index contributed by atoms with van der Waals surface area (Å²) in [6, 6.07) is -0.705. The molecule has 14 heavy (non-hydrogen) atoms. The standard InChI is InChI=1S/C8H16N2O4/c1-6(12)10-7(8(13)14-2)5-9-3-4-11/h7,9,11H,3-5H2,1-2H3,(H,10,12). The lowest BCUT2D eigenvalue weighted by Gasteiger charge is -2.15. The minimum atomic E-state index is -0.705. The van der Waals surface area contributed by atoms with E-state index in [2.05, 4.69) is 15.4 Å². The van der Waals surface area contributed by atoms with Crippen molar-refractivity contribution in [3.05, 3.63) is 0 Å². The maximum Gasteiger partial charge on any atom is 0.329 e. The number of aliphatic hydroxyl groups excluding tert-OH is 1. The highest BCUT2D eigenvalue weighted by Crippen LogP contribution is 1.86. The molecule has 0 rings (SSSR count). The van der Waals surface area contributed by atoms with E-state index in [1.807, 2.05) is 0 Å². The smallest absolute Gasteiger partial charge is 0.329 e. The van der Waals surface area contributed by atoms with Crippen molar-refractivity contribution in [2.45, 2.75) is 13.0 Å². The van der Waals surface area contributed by atoms with Crippen LogP contribution in [0.4, 0.5) is 0 Å². The molecule has 0 aromatic heterocycles. The first-order chi connectivity index (χ1) is 6.61. The van der Waals surface area contributed by atoms with Crippen LogP contribution in [-0.4, -0.2) is 49.8 Å². The minimum Gasteiger partial charge on any atom is -0.467 e. The van der Waals surface area contributed by atoms with Crippen LogP contribution in [0.15, 0.2) is 0 Å². The molecule has 1 amide bonds. The van der Waals surface area contributed by atoms with E-state index >= 15 is 0 Å². The molecule has 3 N–H and O–H groups in total. The Labute approximate surface area is 82.6 Å². The van der Waals surface area contributed by atoms with Crippen LogP contribution in [-0.2, 0) is 14.3 Å². The molecule has 0 saturated carbocycles. The normalized spacial score (nSPS) is 11.9. The van der Waals surface area contributed by atoms with Crippen LogP contribution in [0, 0.1) is 0 Å². The van der Waals surface area contributed by atoms with Gasteiger partial charge in [-0.2, -0.15) is 0 Å². The predicted octanol–water partition coefficient (Wildman–Crippen LogP) is -1.75. The Hall–Kier alpha value is -1.14. The molecule has 0 fully saturated rings. The summed E-state index contributed by atoms with van der Waals surface area (Å²) in [5.74, 6) is -0.808. The highest BCUT2D eigenvalue weighted by atomic mass is 16.5. The largest absolute Gasteiger partial charge is 0.467 e. The third kappa shape index (κ3) is 5.50. The Bertz CT molecular complexity index is 196. The van der Waals surface area contributed by atoms with Gasteiger partial charge in [0.2, 0.25) is 5.91 Å². The first kappa shape index (κ1) is 12.9. The Morgan fingerprint density at radius 3 is 2.57 bits per heavy atom. The fourth-order valence-electron chi connectivity index (χ4n) is 0.906. The molecule has 0 aliphatic rings. The van der Waals surface area contributed by atoms with E-state index in [9.17, 15) is 9.59 Å². The van der Waals surface area contributed by atoms with E-state index in [0.717, 1.165) is 0 Å². The fourth-order valence-corrected chi connectivity index (χ4v) is 0.906. The van der Waals surface area contributed by atoms with Crippen molar-refractivity contribution in [3.8, 4) is 0 Å². The van der Waals surface area contributed by atoms with Gasteiger partial charge in [-0.1, -0.05) is 0 Å². The van der Waals surface area contributed by atoms with Gasteiger partial charge in [-0.05, 0) is 0 Å². The van der Waals surface area contributed by atoms with Crippen molar-refractivity contribution in [1.29, 1.82) is 0 Å². The summed E-state index contributed by atoms with van der Waals surface area (Å²) in [4.78, 5) is 21.8. The summed E-state index contributed by atoms with van der Waals surface area (Å²) in [7, 11) is 1.25. The molecule has 1 unspecified atom stereocenters. The number of aliphatic hydroxyl groups is 1. The van der Waals surface area contributed by atoms with E-state index in [1.165, 1.54) is 14.0 Å². The van der Waals surface area contributed by atoms with Crippen LogP contribution in [0.5, 0.6) is 0 Å². The number of methoxy groups -OCH3 is 1. The van der Waals surface area contributed by atoms with Crippen molar-refractivity contribution < 1.29 is 19.4 Å². The lowest BCUT2D eigenvalue weighted by Crippen LogP contribution is -2.47. The molecule has 0 aliphatic carbocycles. The van der Waals surface area contributed by atoms with Gasteiger partial charge >= 0.3 is 5.97 Å². The second-order valence-corrected chi connectivity index (χ2v) is 2.70. The summed E-state index contributed by atoms with van der Waals surface area (Å²) < 4.78 is 4.49. The molecule has 1 atom stereocenters. The maximum absolute atomic E-state index is 11.1. The third-order valence-electron chi connectivity index (χ3n) is 1.50. The van der Waals surface area contributed by atoms with E-state index < -0.39 is 12.0 Å². The van der Waals surface area contributed by atoms with Crippen molar-refractivity contribution in [1.82, 2.24) is 10.6 Å². The lowest BCUT2D eigenvalue weighted by molar-refractivity contribution is -0.144. The Morgan fingerprint density at radius 1 is 1.50 bits per heavy atom. The van der Waals surface area contributed by atoms with Gasteiger partial charge in [-0.3, -0.25) is 4.79 Å². The van der Waals surface area contributed by atoms with E-state index in [4.69, 9.17) is 5.11 Å². The van der Waals surface area contributed by atoms with Crippen molar-refractivity contribution >= 4 is 11.9 Å². The number of carbonyl (C=O) groups excluding carboxylic acids is 2. The van der Waals surface area contributed by atoms with Gasteiger partial charge < -0.3 is 20.5 Å². The van der Waals surface area contributed by atoms with Gasteiger partial charge in [0.15, 0.2) is 0 Å². The van der Waals surface area contributed by atoms with Gasteiger partial charge in [0.1, 0.15) is 6.04 Å². The molecule has 6 heteroatoms. The number of nitrogens with one attached hydrogen (secondary N) is 2. The van der Waals surface area contributed by atoms with E-state index in [-0.39, 0.29) is 19.1 Å². The van der Waals surface area contributed by atoms with Gasteiger partial charge in [0, 0.05) is 20.0 Å². The molecule has 0 aromatic carbocycles. The number of rotatable bonds is 6. The summed E-state index contributed by atoms with van der Waals surface area (Å²) >= 11 is 0. The topological polar surface area (TPSA) is 87.7 Å². The van der Waals surface area contributed by atoms with Crippen LogP contribution in [0.3, 0.4) is 0 Å². The first-order valence-corrected chi connectivity index (χ1v) is 4.28. The fraction of sp³-hybridized carbons (Fsp3) is 0.750. The number of ether oxygens (including phenoxy) is 1. The molecule has 0 radical (unpaired) electrons. The van der Waals surface area contributed by atoms with Crippen LogP contribution in [0.25, 0.3) is 0 Å². The van der Waals surface area contributed by atoms with Gasteiger partial charge in [0.05, 0.1) is 13.7 Å². The molecule has 0 aromatic rings. The number of esters is 1. The maximum atomic E-state index is 11.1. The highest BCUT2D eigenvalue weighted by molar-refractivity contribution is 5.83. The van der Waals surface area contributed by atoms with Crippen LogP contribution in [0.1, 0.15) is 6.92 Å².